The molecule has 18 heavy (non-hydrogen) atoms. The SMILES string of the molecule is Cc1cn(C(C)C)c(Nc2ccc(Br)cc2C)n1. The number of anilines is 2. The summed E-state index contributed by atoms with van der Waals surface area (Å²) < 4.78 is 3.24. The summed E-state index contributed by atoms with van der Waals surface area (Å²) in [5.74, 6) is 0.896. The highest BCUT2D eigenvalue weighted by Gasteiger charge is 2.09. The van der Waals surface area contributed by atoms with Crippen LogP contribution in [0, 0.1) is 13.8 Å². The van der Waals surface area contributed by atoms with E-state index in [1.54, 1.807) is 0 Å². The van der Waals surface area contributed by atoms with Crippen LogP contribution < -0.4 is 5.32 Å². The molecule has 0 aliphatic rings. The van der Waals surface area contributed by atoms with Gasteiger partial charge >= 0.3 is 0 Å². The van der Waals surface area contributed by atoms with Crippen LogP contribution in [0.2, 0.25) is 0 Å². The third-order valence-electron chi connectivity index (χ3n) is 2.84. The Hall–Kier alpha value is -1.29. The van der Waals surface area contributed by atoms with E-state index in [4.69, 9.17) is 0 Å². The van der Waals surface area contributed by atoms with Gasteiger partial charge < -0.3 is 9.88 Å². The topological polar surface area (TPSA) is 29.9 Å². The van der Waals surface area contributed by atoms with Crippen molar-refractivity contribution in [1.82, 2.24) is 9.55 Å². The molecule has 4 heteroatoms. The molecule has 0 bridgehead atoms. The molecule has 0 spiro atoms. The number of aryl methyl sites for hydroxylation is 2. The van der Waals surface area contributed by atoms with Crippen LogP contribution in [0.3, 0.4) is 0 Å². The lowest BCUT2D eigenvalue weighted by atomic mass is 10.2. The van der Waals surface area contributed by atoms with E-state index in [1.165, 1.54) is 5.56 Å². The van der Waals surface area contributed by atoms with Gasteiger partial charge in [-0.15, -0.1) is 0 Å². The van der Waals surface area contributed by atoms with Gasteiger partial charge in [-0.25, -0.2) is 4.98 Å². The number of benzene rings is 1. The summed E-state index contributed by atoms with van der Waals surface area (Å²) in [7, 11) is 0. The minimum atomic E-state index is 0.393. The first kappa shape index (κ1) is 13.1. The van der Waals surface area contributed by atoms with Crippen molar-refractivity contribution in [3.63, 3.8) is 0 Å². The maximum absolute atomic E-state index is 4.53. The molecule has 2 rings (SSSR count). The molecule has 96 valence electrons. The lowest BCUT2D eigenvalue weighted by Gasteiger charge is -2.14. The van der Waals surface area contributed by atoms with Gasteiger partial charge in [-0.2, -0.15) is 0 Å². The van der Waals surface area contributed by atoms with Crippen LogP contribution in [-0.2, 0) is 0 Å². The molecule has 1 heterocycles. The van der Waals surface area contributed by atoms with E-state index in [0.29, 0.717) is 6.04 Å². The van der Waals surface area contributed by atoms with Crippen molar-refractivity contribution in [3.05, 3.63) is 40.1 Å². The highest BCUT2D eigenvalue weighted by atomic mass is 79.9. The lowest BCUT2D eigenvalue weighted by Crippen LogP contribution is -2.05. The molecule has 0 fully saturated rings. The van der Waals surface area contributed by atoms with Crippen molar-refractivity contribution in [1.29, 1.82) is 0 Å². The Bertz CT molecular complexity index is 558. The first-order valence-electron chi connectivity index (χ1n) is 6.06. The molecule has 0 saturated carbocycles. The van der Waals surface area contributed by atoms with Gasteiger partial charge in [0.1, 0.15) is 0 Å². The molecule has 0 aliphatic heterocycles. The van der Waals surface area contributed by atoms with E-state index in [2.05, 4.69) is 69.9 Å². The van der Waals surface area contributed by atoms with E-state index < -0.39 is 0 Å². The summed E-state index contributed by atoms with van der Waals surface area (Å²) in [6.45, 7) is 8.41. The van der Waals surface area contributed by atoms with E-state index >= 15 is 0 Å². The van der Waals surface area contributed by atoms with Crippen molar-refractivity contribution in [2.75, 3.05) is 5.32 Å². The van der Waals surface area contributed by atoms with Crippen LogP contribution in [0.25, 0.3) is 0 Å². The third-order valence-corrected chi connectivity index (χ3v) is 3.34. The third kappa shape index (κ3) is 2.75. The molecule has 2 aromatic rings. The van der Waals surface area contributed by atoms with Crippen molar-refractivity contribution in [3.8, 4) is 0 Å². The van der Waals surface area contributed by atoms with E-state index in [-0.39, 0.29) is 0 Å². The van der Waals surface area contributed by atoms with Gasteiger partial charge in [0.15, 0.2) is 0 Å². The first-order chi connectivity index (χ1) is 8.47. The second-order valence-corrected chi connectivity index (χ2v) is 5.71. The highest BCUT2D eigenvalue weighted by Crippen LogP contribution is 2.25. The zero-order valence-electron chi connectivity index (χ0n) is 11.2. The number of rotatable bonds is 3. The van der Waals surface area contributed by atoms with Crippen molar-refractivity contribution < 1.29 is 0 Å². The summed E-state index contributed by atoms with van der Waals surface area (Å²) >= 11 is 3.47. The predicted octanol–water partition coefficient (Wildman–Crippen LogP) is 4.59. The van der Waals surface area contributed by atoms with Gasteiger partial charge in [0.05, 0.1) is 5.69 Å². The number of hydrogen-bond donors (Lipinski definition) is 1. The molecular weight excluding hydrogens is 290 g/mol. The van der Waals surface area contributed by atoms with Gasteiger partial charge in [-0.1, -0.05) is 15.9 Å². The Kier molecular flexibility index (Phi) is 3.76. The number of nitrogens with one attached hydrogen (secondary N) is 1. The Balaban J connectivity index is 2.33. The zero-order chi connectivity index (χ0) is 13.3. The van der Waals surface area contributed by atoms with Gasteiger partial charge in [-0.05, 0) is 51.5 Å². The van der Waals surface area contributed by atoms with Crippen LogP contribution in [0.4, 0.5) is 11.6 Å². The Morgan fingerprint density at radius 3 is 2.61 bits per heavy atom. The minimum Gasteiger partial charge on any atom is -0.325 e. The van der Waals surface area contributed by atoms with E-state index in [0.717, 1.165) is 21.8 Å². The fraction of sp³-hybridized carbons (Fsp3) is 0.357. The van der Waals surface area contributed by atoms with E-state index in [1.807, 2.05) is 13.0 Å². The summed E-state index contributed by atoms with van der Waals surface area (Å²) in [6.07, 6.45) is 2.07. The first-order valence-corrected chi connectivity index (χ1v) is 6.85. The summed E-state index contributed by atoms with van der Waals surface area (Å²) in [6, 6.07) is 6.58. The fourth-order valence-corrected chi connectivity index (χ4v) is 2.37. The Morgan fingerprint density at radius 1 is 1.28 bits per heavy atom. The van der Waals surface area contributed by atoms with Crippen molar-refractivity contribution in [2.45, 2.75) is 33.7 Å². The van der Waals surface area contributed by atoms with Crippen LogP contribution >= 0.6 is 15.9 Å². The Labute approximate surface area is 116 Å². The number of nitrogens with zero attached hydrogens (tertiary/aromatic N) is 2. The van der Waals surface area contributed by atoms with Crippen LogP contribution in [0.5, 0.6) is 0 Å². The normalized spacial score (nSPS) is 11.0. The number of hydrogen-bond acceptors (Lipinski definition) is 2. The monoisotopic (exact) mass is 307 g/mol. The largest absolute Gasteiger partial charge is 0.325 e. The average molecular weight is 308 g/mol. The summed E-state index contributed by atoms with van der Waals surface area (Å²) in [4.78, 5) is 4.53. The van der Waals surface area contributed by atoms with Crippen LogP contribution in [0.1, 0.15) is 31.1 Å². The van der Waals surface area contributed by atoms with Gasteiger partial charge in [0.2, 0.25) is 5.95 Å². The lowest BCUT2D eigenvalue weighted by molar-refractivity contribution is 0.607. The average Bonchev–Trinajstić information content (AvgIpc) is 2.64. The standard InChI is InChI=1S/C14H18BrN3/c1-9(2)18-8-11(4)16-14(18)17-13-6-5-12(15)7-10(13)3/h5-9H,1-4H3,(H,16,17). The molecule has 0 saturated heterocycles. The molecular formula is C14H18BrN3. The zero-order valence-corrected chi connectivity index (χ0v) is 12.7. The molecule has 1 aromatic heterocycles. The van der Waals surface area contributed by atoms with Gasteiger partial charge in [0, 0.05) is 22.4 Å². The summed E-state index contributed by atoms with van der Waals surface area (Å²) in [5, 5.41) is 3.40. The Morgan fingerprint density at radius 2 is 2.00 bits per heavy atom. The predicted molar refractivity (Wildman–Crippen MR) is 79.5 cm³/mol. The van der Waals surface area contributed by atoms with Crippen LogP contribution in [0.15, 0.2) is 28.9 Å². The minimum absolute atomic E-state index is 0.393. The maximum Gasteiger partial charge on any atom is 0.207 e. The van der Waals surface area contributed by atoms with Crippen molar-refractivity contribution >= 4 is 27.6 Å². The van der Waals surface area contributed by atoms with Crippen LogP contribution in [-0.4, -0.2) is 9.55 Å². The molecule has 0 unspecified atom stereocenters. The second kappa shape index (κ2) is 5.14. The molecule has 0 aliphatic carbocycles. The molecule has 0 amide bonds. The second-order valence-electron chi connectivity index (χ2n) is 4.79. The van der Waals surface area contributed by atoms with Crippen molar-refractivity contribution in [2.24, 2.45) is 0 Å². The summed E-state index contributed by atoms with van der Waals surface area (Å²) in [5.41, 5.74) is 3.31. The fourth-order valence-electron chi connectivity index (χ4n) is 1.89. The molecule has 1 N–H and O–H groups in total. The number of imidazole rings is 1. The van der Waals surface area contributed by atoms with Gasteiger partial charge in [0.25, 0.3) is 0 Å². The van der Waals surface area contributed by atoms with Gasteiger partial charge in [-0.3, -0.25) is 0 Å². The van der Waals surface area contributed by atoms with E-state index in [9.17, 15) is 0 Å². The molecule has 3 nitrogen and oxygen atoms in total. The molecule has 1 aromatic carbocycles. The highest BCUT2D eigenvalue weighted by molar-refractivity contribution is 9.10. The number of aromatic nitrogens is 2. The molecule has 0 radical (unpaired) electrons. The smallest absolute Gasteiger partial charge is 0.207 e. The maximum atomic E-state index is 4.53. The number of halogens is 1. The molecule has 0 atom stereocenters. The quantitative estimate of drug-likeness (QED) is 0.899.